The molecular weight excluding hydrogens is 164 g/mol. The minimum Gasteiger partial charge on any atom is -0.396 e. The van der Waals surface area contributed by atoms with E-state index in [4.69, 9.17) is 5.11 Å². The van der Waals surface area contributed by atoms with Gasteiger partial charge in [0.25, 0.3) is 0 Å². The zero-order chi connectivity index (χ0) is 9.68. The number of aryl methyl sites for hydroxylation is 2. The van der Waals surface area contributed by atoms with Gasteiger partial charge in [0.2, 0.25) is 0 Å². The minimum atomic E-state index is 0.302. The Kier molecular flexibility index (Phi) is 3.96. The van der Waals surface area contributed by atoms with E-state index >= 15 is 0 Å². The number of nitrogens with zero attached hydrogens (tertiary/aromatic N) is 2. The van der Waals surface area contributed by atoms with Crippen LogP contribution in [0.2, 0.25) is 0 Å². The van der Waals surface area contributed by atoms with E-state index in [-0.39, 0.29) is 0 Å². The molecule has 1 atom stereocenters. The van der Waals surface area contributed by atoms with E-state index in [1.165, 1.54) is 5.56 Å². The molecule has 74 valence electrons. The third kappa shape index (κ3) is 3.19. The summed E-state index contributed by atoms with van der Waals surface area (Å²) < 4.78 is 1.81. The molecule has 0 radical (unpaired) electrons. The Balaban J connectivity index is 2.33. The smallest absolute Gasteiger partial charge is 0.0521 e. The van der Waals surface area contributed by atoms with Gasteiger partial charge >= 0.3 is 0 Å². The predicted molar refractivity (Wildman–Crippen MR) is 52.4 cm³/mol. The van der Waals surface area contributed by atoms with Gasteiger partial charge in [0.15, 0.2) is 0 Å². The van der Waals surface area contributed by atoms with E-state index in [1.807, 2.05) is 24.1 Å². The van der Waals surface area contributed by atoms with Crippen LogP contribution in [0.25, 0.3) is 0 Å². The molecule has 0 saturated heterocycles. The number of rotatable bonds is 5. The summed E-state index contributed by atoms with van der Waals surface area (Å²) >= 11 is 0. The molecule has 0 aliphatic carbocycles. The lowest BCUT2D eigenvalue weighted by Gasteiger charge is -2.09. The summed E-state index contributed by atoms with van der Waals surface area (Å²) in [5.41, 5.74) is 1.26. The quantitative estimate of drug-likeness (QED) is 0.747. The zero-order valence-corrected chi connectivity index (χ0v) is 8.40. The Morgan fingerprint density at radius 1 is 1.62 bits per heavy atom. The molecule has 1 aromatic rings. The largest absolute Gasteiger partial charge is 0.396 e. The third-order valence-corrected chi connectivity index (χ3v) is 2.44. The highest BCUT2D eigenvalue weighted by molar-refractivity contribution is 5.03. The van der Waals surface area contributed by atoms with Gasteiger partial charge in [-0.3, -0.25) is 4.68 Å². The van der Waals surface area contributed by atoms with Crippen LogP contribution in [0.5, 0.6) is 0 Å². The summed E-state index contributed by atoms with van der Waals surface area (Å²) in [6.45, 7) is 2.42. The maximum Gasteiger partial charge on any atom is 0.0521 e. The van der Waals surface area contributed by atoms with Crippen LogP contribution in [0.4, 0.5) is 0 Å². The molecule has 0 amide bonds. The van der Waals surface area contributed by atoms with Crippen molar-refractivity contribution < 1.29 is 5.11 Å². The highest BCUT2D eigenvalue weighted by Crippen LogP contribution is 2.11. The third-order valence-electron chi connectivity index (χ3n) is 2.44. The van der Waals surface area contributed by atoms with Crippen LogP contribution < -0.4 is 0 Å². The van der Waals surface area contributed by atoms with Crippen molar-refractivity contribution in [3.8, 4) is 0 Å². The molecule has 3 heteroatoms. The van der Waals surface area contributed by atoms with Crippen LogP contribution in [0, 0.1) is 5.92 Å². The Morgan fingerprint density at radius 2 is 2.38 bits per heavy atom. The first kappa shape index (κ1) is 10.3. The fraction of sp³-hybridized carbons (Fsp3) is 0.700. The standard InChI is InChI=1S/C10H18N2O/c1-3-9(8-13)4-5-10-6-11-12(2)7-10/h6-7,9,13H,3-5,8H2,1-2H3. The first-order valence-corrected chi connectivity index (χ1v) is 4.84. The second-order valence-corrected chi connectivity index (χ2v) is 3.52. The summed E-state index contributed by atoms with van der Waals surface area (Å²) in [7, 11) is 1.92. The summed E-state index contributed by atoms with van der Waals surface area (Å²) in [5.74, 6) is 0.445. The van der Waals surface area contributed by atoms with Crippen molar-refractivity contribution in [3.63, 3.8) is 0 Å². The molecule has 3 nitrogen and oxygen atoms in total. The minimum absolute atomic E-state index is 0.302. The maximum absolute atomic E-state index is 8.99. The van der Waals surface area contributed by atoms with Crippen molar-refractivity contribution in [1.82, 2.24) is 9.78 Å². The monoisotopic (exact) mass is 182 g/mol. The number of aliphatic hydroxyl groups excluding tert-OH is 1. The van der Waals surface area contributed by atoms with Crippen molar-refractivity contribution in [1.29, 1.82) is 0 Å². The van der Waals surface area contributed by atoms with Crippen molar-refractivity contribution in [3.05, 3.63) is 18.0 Å². The van der Waals surface area contributed by atoms with Crippen LogP contribution in [-0.4, -0.2) is 21.5 Å². The molecule has 13 heavy (non-hydrogen) atoms. The Morgan fingerprint density at radius 3 is 2.85 bits per heavy atom. The Labute approximate surface area is 79.4 Å². The second kappa shape index (κ2) is 5.02. The number of aromatic nitrogens is 2. The van der Waals surface area contributed by atoms with Gasteiger partial charge in [-0.25, -0.2) is 0 Å². The molecule has 0 aromatic carbocycles. The molecule has 0 bridgehead atoms. The summed E-state index contributed by atoms with van der Waals surface area (Å²) in [4.78, 5) is 0. The molecule has 0 fully saturated rings. The van der Waals surface area contributed by atoms with Gasteiger partial charge in [-0.05, 0) is 24.3 Å². The molecule has 0 aliphatic rings. The van der Waals surface area contributed by atoms with Crippen LogP contribution in [0.1, 0.15) is 25.3 Å². The van der Waals surface area contributed by atoms with E-state index in [9.17, 15) is 0 Å². The lowest BCUT2D eigenvalue weighted by molar-refractivity contribution is 0.215. The Hall–Kier alpha value is -0.830. The molecule has 1 N–H and O–H groups in total. The van der Waals surface area contributed by atoms with E-state index < -0.39 is 0 Å². The molecule has 0 aliphatic heterocycles. The predicted octanol–water partition coefficient (Wildman–Crippen LogP) is 1.37. The SMILES string of the molecule is CCC(CO)CCc1cnn(C)c1. The first-order chi connectivity index (χ1) is 6.26. The van der Waals surface area contributed by atoms with Crippen LogP contribution in [0.15, 0.2) is 12.4 Å². The molecule has 1 aromatic heterocycles. The Bertz CT molecular complexity index is 241. The fourth-order valence-corrected chi connectivity index (χ4v) is 1.40. The summed E-state index contributed by atoms with van der Waals surface area (Å²) in [6, 6.07) is 0. The summed E-state index contributed by atoms with van der Waals surface area (Å²) in [5, 5.41) is 13.1. The average molecular weight is 182 g/mol. The molecule has 1 rings (SSSR count). The summed E-state index contributed by atoms with van der Waals surface area (Å²) in [6.07, 6.45) is 7.05. The second-order valence-electron chi connectivity index (χ2n) is 3.52. The number of aliphatic hydroxyl groups is 1. The molecule has 0 spiro atoms. The number of hydrogen-bond donors (Lipinski definition) is 1. The van der Waals surface area contributed by atoms with Gasteiger partial charge in [-0.1, -0.05) is 13.3 Å². The molecule has 0 saturated carbocycles. The lowest BCUT2D eigenvalue weighted by Crippen LogP contribution is -2.05. The van der Waals surface area contributed by atoms with Gasteiger partial charge in [-0.15, -0.1) is 0 Å². The highest BCUT2D eigenvalue weighted by Gasteiger charge is 2.05. The van der Waals surface area contributed by atoms with Gasteiger partial charge in [-0.2, -0.15) is 5.10 Å². The number of hydrogen-bond acceptors (Lipinski definition) is 2. The maximum atomic E-state index is 8.99. The van der Waals surface area contributed by atoms with Crippen molar-refractivity contribution in [2.24, 2.45) is 13.0 Å². The fourth-order valence-electron chi connectivity index (χ4n) is 1.40. The van der Waals surface area contributed by atoms with E-state index in [2.05, 4.69) is 12.0 Å². The van der Waals surface area contributed by atoms with E-state index in [0.717, 1.165) is 19.3 Å². The van der Waals surface area contributed by atoms with E-state index in [1.54, 1.807) is 0 Å². The van der Waals surface area contributed by atoms with Crippen LogP contribution in [0.3, 0.4) is 0 Å². The van der Waals surface area contributed by atoms with Gasteiger partial charge in [0, 0.05) is 19.9 Å². The van der Waals surface area contributed by atoms with Gasteiger partial charge in [0.05, 0.1) is 6.20 Å². The van der Waals surface area contributed by atoms with E-state index in [0.29, 0.717) is 12.5 Å². The van der Waals surface area contributed by atoms with Crippen molar-refractivity contribution >= 4 is 0 Å². The topological polar surface area (TPSA) is 38.1 Å². The lowest BCUT2D eigenvalue weighted by atomic mass is 9.99. The highest BCUT2D eigenvalue weighted by atomic mass is 16.3. The van der Waals surface area contributed by atoms with Gasteiger partial charge < -0.3 is 5.11 Å². The molecular formula is C10H18N2O. The normalized spacial score (nSPS) is 13.2. The average Bonchev–Trinajstić information content (AvgIpc) is 2.53. The molecule has 1 heterocycles. The van der Waals surface area contributed by atoms with Crippen molar-refractivity contribution in [2.45, 2.75) is 26.2 Å². The van der Waals surface area contributed by atoms with Crippen LogP contribution in [-0.2, 0) is 13.5 Å². The molecule has 1 unspecified atom stereocenters. The van der Waals surface area contributed by atoms with Crippen LogP contribution >= 0.6 is 0 Å². The van der Waals surface area contributed by atoms with Gasteiger partial charge in [0.1, 0.15) is 0 Å². The first-order valence-electron chi connectivity index (χ1n) is 4.84. The zero-order valence-electron chi connectivity index (χ0n) is 8.40. The van der Waals surface area contributed by atoms with Crippen molar-refractivity contribution in [2.75, 3.05) is 6.61 Å².